The van der Waals surface area contributed by atoms with E-state index >= 15 is 0 Å². The molecule has 0 aromatic carbocycles. The number of aromatic nitrogens is 2. The van der Waals surface area contributed by atoms with Crippen molar-refractivity contribution in [2.45, 2.75) is 71.5 Å². The molecule has 2 fully saturated rings. The average Bonchev–Trinajstić information content (AvgIpc) is 2.82. The third-order valence-corrected chi connectivity index (χ3v) is 5.75. The number of anilines is 1. The molecule has 0 atom stereocenters. The van der Waals surface area contributed by atoms with Crippen LogP contribution in [0, 0.1) is 0 Å². The van der Waals surface area contributed by atoms with Crippen molar-refractivity contribution >= 4 is 12.9 Å². The molecule has 0 amide bonds. The van der Waals surface area contributed by atoms with E-state index in [-0.39, 0.29) is 5.73 Å². The van der Waals surface area contributed by atoms with E-state index in [1.165, 1.54) is 0 Å². The fraction of sp³-hybridized carbons (Fsp3) is 0.684. The van der Waals surface area contributed by atoms with E-state index in [4.69, 9.17) is 9.31 Å². The molecule has 2 aliphatic rings. The van der Waals surface area contributed by atoms with Gasteiger partial charge in [-0.2, -0.15) is 0 Å². The predicted octanol–water partition coefficient (Wildman–Crippen LogP) is 4.06. The van der Waals surface area contributed by atoms with Gasteiger partial charge in [-0.25, -0.2) is 14.4 Å². The van der Waals surface area contributed by atoms with Crippen LogP contribution in [0.5, 0.6) is 0 Å². The predicted molar refractivity (Wildman–Crippen MR) is 102 cm³/mol. The number of hydrogen-bond acceptors (Lipinski definition) is 5. The van der Waals surface area contributed by atoms with E-state index < -0.39 is 18.3 Å². The number of halogens is 1. The Labute approximate surface area is 156 Å². The van der Waals surface area contributed by atoms with Crippen LogP contribution in [0.4, 0.5) is 10.2 Å². The monoisotopic (exact) mass is 361 g/mol. The number of rotatable bonds is 3. The van der Waals surface area contributed by atoms with Crippen LogP contribution in [0.1, 0.15) is 66.0 Å². The highest BCUT2D eigenvalue weighted by atomic mass is 19.1. The van der Waals surface area contributed by atoms with E-state index in [0.29, 0.717) is 18.8 Å². The molecule has 2 saturated heterocycles. The van der Waals surface area contributed by atoms with Crippen LogP contribution >= 0.6 is 0 Å². The van der Waals surface area contributed by atoms with Gasteiger partial charge in [-0.15, -0.1) is 0 Å². The Morgan fingerprint density at radius 2 is 1.69 bits per heavy atom. The smallest absolute Gasteiger partial charge is 0.398 e. The molecule has 0 aliphatic carbocycles. The van der Waals surface area contributed by atoms with E-state index in [1.54, 1.807) is 6.33 Å². The Hall–Kier alpha value is -1.47. The second-order valence-corrected chi connectivity index (χ2v) is 8.48. The molecule has 1 aromatic heterocycles. The van der Waals surface area contributed by atoms with Gasteiger partial charge in [0.2, 0.25) is 0 Å². The van der Waals surface area contributed by atoms with Gasteiger partial charge in [0.1, 0.15) is 17.9 Å². The largest absolute Gasteiger partial charge is 0.525 e. The van der Waals surface area contributed by atoms with Crippen LogP contribution in [-0.2, 0) is 9.31 Å². The summed E-state index contributed by atoms with van der Waals surface area (Å²) < 4.78 is 26.7. The SMILES string of the molecule is CC(C)c1cc(N2CCC(=C(F)B3OC(C)(C)C(C)(C)O3)CC2)ncn1. The van der Waals surface area contributed by atoms with Crippen molar-refractivity contribution in [3.8, 4) is 0 Å². The summed E-state index contributed by atoms with van der Waals surface area (Å²) in [6.07, 6.45) is 2.91. The molecule has 142 valence electrons. The summed E-state index contributed by atoms with van der Waals surface area (Å²) in [7, 11) is -0.895. The van der Waals surface area contributed by atoms with Crippen molar-refractivity contribution < 1.29 is 13.7 Å². The zero-order valence-electron chi connectivity index (χ0n) is 16.7. The fourth-order valence-electron chi connectivity index (χ4n) is 3.21. The lowest BCUT2D eigenvalue weighted by Crippen LogP contribution is -2.41. The Morgan fingerprint density at radius 1 is 1.12 bits per heavy atom. The first kappa shape index (κ1) is 19.3. The fourth-order valence-corrected chi connectivity index (χ4v) is 3.21. The number of hydrogen-bond donors (Lipinski definition) is 0. The summed E-state index contributed by atoms with van der Waals surface area (Å²) >= 11 is 0. The molecule has 0 spiro atoms. The van der Waals surface area contributed by atoms with Gasteiger partial charge in [-0.1, -0.05) is 13.8 Å². The zero-order chi connectivity index (χ0) is 19.1. The van der Waals surface area contributed by atoms with Gasteiger partial charge in [0.05, 0.1) is 11.2 Å². The minimum absolute atomic E-state index is 0.256. The van der Waals surface area contributed by atoms with Crippen molar-refractivity contribution in [1.82, 2.24) is 9.97 Å². The van der Waals surface area contributed by atoms with Gasteiger partial charge >= 0.3 is 7.12 Å². The maximum atomic E-state index is 15.0. The van der Waals surface area contributed by atoms with Crippen LogP contribution in [0.2, 0.25) is 0 Å². The molecule has 0 radical (unpaired) electrons. The van der Waals surface area contributed by atoms with Crippen molar-refractivity contribution in [1.29, 1.82) is 0 Å². The molecular weight excluding hydrogens is 332 g/mol. The van der Waals surface area contributed by atoms with Gasteiger partial charge in [0, 0.05) is 24.8 Å². The van der Waals surface area contributed by atoms with Gasteiger partial charge < -0.3 is 14.2 Å². The molecule has 26 heavy (non-hydrogen) atoms. The van der Waals surface area contributed by atoms with Gasteiger partial charge in [0.15, 0.2) is 0 Å². The van der Waals surface area contributed by atoms with Crippen molar-refractivity contribution in [3.63, 3.8) is 0 Å². The Kier molecular flexibility index (Phi) is 5.14. The first-order chi connectivity index (χ1) is 12.1. The molecular formula is C19H29BFN3O2. The molecule has 3 heterocycles. The highest BCUT2D eigenvalue weighted by Crippen LogP contribution is 2.40. The van der Waals surface area contributed by atoms with Gasteiger partial charge in [-0.05, 0) is 52.0 Å². The molecule has 1 aromatic rings. The van der Waals surface area contributed by atoms with Crippen LogP contribution in [0.15, 0.2) is 23.7 Å². The van der Waals surface area contributed by atoms with Crippen LogP contribution in [-0.4, -0.2) is 41.4 Å². The molecule has 5 nitrogen and oxygen atoms in total. The minimum Gasteiger partial charge on any atom is -0.398 e. The maximum absolute atomic E-state index is 15.0. The summed E-state index contributed by atoms with van der Waals surface area (Å²) in [5.74, 6) is 1.27. The molecule has 2 aliphatic heterocycles. The maximum Gasteiger partial charge on any atom is 0.525 e. The summed E-state index contributed by atoms with van der Waals surface area (Å²) in [4.78, 5) is 10.9. The van der Waals surface area contributed by atoms with E-state index in [9.17, 15) is 4.39 Å². The summed E-state index contributed by atoms with van der Waals surface area (Å²) in [5, 5.41) is 0. The topological polar surface area (TPSA) is 47.5 Å². The first-order valence-corrected chi connectivity index (χ1v) is 9.40. The van der Waals surface area contributed by atoms with Crippen molar-refractivity contribution in [3.05, 3.63) is 29.4 Å². The lowest BCUT2D eigenvalue weighted by molar-refractivity contribution is 0.00578. The van der Waals surface area contributed by atoms with Gasteiger partial charge in [0.25, 0.3) is 0 Å². The molecule has 3 rings (SSSR count). The van der Waals surface area contributed by atoms with Gasteiger partial charge in [-0.3, -0.25) is 0 Å². The van der Waals surface area contributed by atoms with E-state index in [1.807, 2.05) is 33.8 Å². The lowest BCUT2D eigenvalue weighted by atomic mass is 9.82. The Bertz CT molecular complexity index is 680. The summed E-state index contributed by atoms with van der Waals surface area (Å²) in [6, 6.07) is 2.03. The third-order valence-electron chi connectivity index (χ3n) is 5.75. The molecule has 7 heteroatoms. The quantitative estimate of drug-likeness (QED) is 0.760. The van der Waals surface area contributed by atoms with Crippen LogP contribution < -0.4 is 4.90 Å². The Morgan fingerprint density at radius 3 is 2.23 bits per heavy atom. The second-order valence-electron chi connectivity index (χ2n) is 8.48. The summed E-state index contributed by atoms with van der Waals surface area (Å²) in [6.45, 7) is 13.5. The highest BCUT2D eigenvalue weighted by molar-refractivity contribution is 6.53. The molecule has 0 unspecified atom stereocenters. The lowest BCUT2D eigenvalue weighted by Gasteiger charge is -2.32. The Balaban J connectivity index is 1.68. The number of piperidine rings is 1. The third kappa shape index (κ3) is 3.65. The normalized spacial score (nSPS) is 22.2. The standard InChI is InChI=1S/C19H29BFN3O2/c1-13(2)15-11-16(23-12-22-15)24-9-7-14(8-10-24)17(21)20-25-18(3,4)19(5,6)26-20/h11-13H,7-10H2,1-6H3. The summed E-state index contributed by atoms with van der Waals surface area (Å²) in [5.41, 5.74) is 0.515. The van der Waals surface area contributed by atoms with Crippen LogP contribution in [0.25, 0.3) is 0 Å². The number of nitrogens with zero attached hydrogens (tertiary/aromatic N) is 3. The minimum atomic E-state index is -0.895. The highest BCUT2D eigenvalue weighted by Gasteiger charge is 2.53. The zero-order valence-corrected chi connectivity index (χ0v) is 16.7. The first-order valence-electron chi connectivity index (χ1n) is 9.40. The molecule has 0 saturated carbocycles. The second kappa shape index (κ2) is 6.93. The van der Waals surface area contributed by atoms with E-state index in [0.717, 1.165) is 30.2 Å². The van der Waals surface area contributed by atoms with Crippen LogP contribution in [0.3, 0.4) is 0 Å². The average molecular weight is 361 g/mol. The van der Waals surface area contributed by atoms with Crippen molar-refractivity contribution in [2.75, 3.05) is 18.0 Å². The van der Waals surface area contributed by atoms with Crippen molar-refractivity contribution in [2.24, 2.45) is 0 Å². The van der Waals surface area contributed by atoms with E-state index in [2.05, 4.69) is 28.7 Å². The molecule has 0 N–H and O–H groups in total. The molecule has 0 bridgehead atoms.